The zero-order valence-electron chi connectivity index (χ0n) is 14.9. The van der Waals surface area contributed by atoms with Crippen LogP contribution in [0.4, 0.5) is 10.1 Å². The van der Waals surface area contributed by atoms with E-state index in [1.54, 1.807) is 21.8 Å². The Kier molecular flexibility index (Phi) is 3.64. The maximum Gasteiger partial charge on any atom is 0.258 e. The zero-order valence-corrected chi connectivity index (χ0v) is 14.9. The summed E-state index contributed by atoms with van der Waals surface area (Å²) in [5, 5.41) is 4.21. The quantitative estimate of drug-likeness (QED) is 0.675. The third kappa shape index (κ3) is 2.49. The molecule has 27 heavy (non-hydrogen) atoms. The Morgan fingerprint density at radius 1 is 1.04 bits per heavy atom. The minimum absolute atomic E-state index is 0.0716. The summed E-state index contributed by atoms with van der Waals surface area (Å²) in [6, 6.07) is 14.4. The van der Waals surface area contributed by atoms with E-state index in [9.17, 15) is 9.18 Å². The highest BCUT2D eigenvalue weighted by Gasteiger charge is 2.48. The van der Waals surface area contributed by atoms with Gasteiger partial charge in [0.2, 0.25) is 0 Å². The van der Waals surface area contributed by atoms with Crippen LogP contribution in [0.1, 0.15) is 41.6 Å². The average Bonchev–Trinajstić information content (AvgIpc) is 3.44. The first-order valence-corrected chi connectivity index (χ1v) is 9.39. The molecule has 136 valence electrons. The van der Waals surface area contributed by atoms with E-state index in [4.69, 9.17) is 0 Å². The van der Waals surface area contributed by atoms with Crippen LogP contribution in [0.3, 0.4) is 0 Å². The average molecular weight is 361 g/mol. The Morgan fingerprint density at radius 2 is 1.81 bits per heavy atom. The van der Waals surface area contributed by atoms with Gasteiger partial charge in [-0.25, -0.2) is 9.07 Å². The molecule has 1 amide bonds. The lowest BCUT2D eigenvalue weighted by molar-refractivity contribution is 0.0985. The fourth-order valence-corrected chi connectivity index (χ4v) is 4.70. The molecule has 0 radical (unpaired) electrons. The minimum Gasteiger partial charge on any atom is -0.307 e. The number of anilines is 1. The molecule has 0 atom stereocenters. The molecular weight excluding hydrogens is 341 g/mol. The van der Waals surface area contributed by atoms with Crippen molar-refractivity contribution in [2.24, 2.45) is 0 Å². The normalized spacial score (nSPS) is 17.4. The predicted octanol–water partition coefficient (Wildman–Crippen LogP) is 4.48. The number of benzene rings is 2. The lowest BCUT2D eigenvalue weighted by Gasteiger charge is -2.25. The molecule has 4 nitrogen and oxygen atoms in total. The summed E-state index contributed by atoms with van der Waals surface area (Å²) in [5.41, 5.74) is 2.76. The Balaban J connectivity index is 1.50. The van der Waals surface area contributed by atoms with Gasteiger partial charge in [-0.3, -0.25) is 4.79 Å². The van der Waals surface area contributed by atoms with Gasteiger partial charge in [0.15, 0.2) is 0 Å². The van der Waals surface area contributed by atoms with Crippen molar-refractivity contribution in [1.29, 1.82) is 0 Å². The second-order valence-electron chi connectivity index (χ2n) is 7.51. The van der Waals surface area contributed by atoms with Crippen LogP contribution in [-0.2, 0) is 5.41 Å². The molecule has 1 aromatic heterocycles. The summed E-state index contributed by atoms with van der Waals surface area (Å²) in [5.74, 6) is -0.253. The molecule has 1 aliphatic heterocycles. The van der Waals surface area contributed by atoms with Gasteiger partial charge >= 0.3 is 0 Å². The summed E-state index contributed by atoms with van der Waals surface area (Å²) < 4.78 is 16.4. The molecule has 5 heteroatoms. The summed E-state index contributed by atoms with van der Waals surface area (Å²) in [6.45, 7) is 0.572. The predicted molar refractivity (Wildman–Crippen MR) is 102 cm³/mol. The number of halogens is 1. The minimum atomic E-state index is -0.217. The highest BCUT2D eigenvalue weighted by molar-refractivity contribution is 6.07. The number of hydrogen-bond donors (Lipinski definition) is 0. The molecule has 2 aliphatic rings. The third-order valence-corrected chi connectivity index (χ3v) is 5.96. The van der Waals surface area contributed by atoms with E-state index in [0.717, 1.165) is 42.6 Å². The number of fused-ring (bicyclic) bond motifs is 2. The molecule has 0 unspecified atom stereocenters. The van der Waals surface area contributed by atoms with Crippen LogP contribution >= 0.6 is 0 Å². The highest BCUT2D eigenvalue weighted by Crippen LogP contribution is 2.51. The number of hydrogen-bond acceptors (Lipinski definition) is 2. The van der Waals surface area contributed by atoms with Gasteiger partial charge in [-0.05, 0) is 55.3 Å². The number of amides is 1. The van der Waals surface area contributed by atoms with E-state index in [1.807, 2.05) is 42.6 Å². The van der Waals surface area contributed by atoms with Gasteiger partial charge in [-0.1, -0.05) is 18.9 Å². The molecule has 1 fully saturated rings. The standard InChI is InChI=1S/C22H20FN3O/c23-18-5-3-6-19-20(18)22(11-1-2-12-22)15-25(19)21(27)16-7-9-17(10-8-16)26-14-4-13-24-26/h3-10,13-14H,1-2,11-12,15H2. The number of rotatable bonds is 2. The van der Waals surface area contributed by atoms with Crippen molar-refractivity contribution in [2.75, 3.05) is 11.4 Å². The topological polar surface area (TPSA) is 38.1 Å². The molecule has 1 spiro atoms. The van der Waals surface area contributed by atoms with Crippen LogP contribution in [0.2, 0.25) is 0 Å². The maximum atomic E-state index is 14.7. The summed E-state index contributed by atoms with van der Waals surface area (Å²) in [7, 11) is 0. The van der Waals surface area contributed by atoms with Crippen molar-refractivity contribution in [1.82, 2.24) is 9.78 Å². The fraction of sp³-hybridized carbons (Fsp3) is 0.273. The molecule has 2 aromatic carbocycles. The Labute approximate surface area is 157 Å². The van der Waals surface area contributed by atoms with Gasteiger partial charge in [0, 0.05) is 35.5 Å². The molecule has 0 bridgehead atoms. The van der Waals surface area contributed by atoms with Crippen LogP contribution in [0, 0.1) is 5.82 Å². The number of nitrogens with zero attached hydrogens (tertiary/aromatic N) is 3. The second-order valence-corrected chi connectivity index (χ2v) is 7.51. The third-order valence-electron chi connectivity index (χ3n) is 5.96. The molecule has 1 saturated carbocycles. The van der Waals surface area contributed by atoms with E-state index < -0.39 is 0 Å². The van der Waals surface area contributed by atoms with Crippen LogP contribution in [-0.4, -0.2) is 22.2 Å². The number of carbonyl (C=O) groups is 1. The van der Waals surface area contributed by atoms with Crippen LogP contribution < -0.4 is 4.90 Å². The van der Waals surface area contributed by atoms with Crippen molar-refractivity contribution in [3.05, 3.63) is 77.9 Å². The first-order valence-electron chi connectivity index (χ1n) is 9.39. The van der Waals surface area contributed by atoms with Crippen molar-refractivity contribution in [2.45, 2.75) is 31.1 Å². The van der Waals surface area contributed by atoms with Gasteiger partial charge in [-0.2, -0.15) is 5.10 Å². The van der Waals surface area contributed by atoms with E-state index in [-0.39, 0.29) is 17.1 Å². The highest BCUT2D eigenvalue weighted by atomic mass is 19.1. The fourth-order valence-electron chi connectivity index (χ4n) is 4.70. The van der Waals surface area contributed by atoms with Crippen molar-refractivity contribution in [3.63, 3.8) is 0 Å². The zero-order chi connectivity index (χ0) is 18.4. The molecule has 1 aliphatic carbocycles. The largest absolute Gasteiger partial charge is 0.307 e. The molecule has 2 heterocycles. The first-order chi connectivity index (χ1) is 13.2. The molecule has 3 aromatic rings. The van der Waals surface area contributed by atoms with Crippen LogP contribution in [0.25, 0.3) is 5.69 Å². The smallest absolute Gasteiger partial charge is 0.258 e. The lowest BCUT2D eigenvalue weighted by atomic mass is 9.80. The second kappa shape index (κ2) is 6.05. The first kappa shape index (κ1) is 16.2. The van der Waals surface area contributed by atoms with Crippen molar-refractivity contribution < 1.29 is 9.18 Å². The Bertz CT molecular complexity index is 989. The van der Waals surface area contributed by atoms with E-state index in [1.165, 1.54) is 6.07 Å². The molecule has 0 N–H and O–H groups in total. The van der Waals surface area contributed by atoms with Crippen molar-refractivity contribution in [3.8, 4) is 5.69 Å². The molecule has 0 saturated heterocycles. The van der Waals surface area contributed by atoms with Gasteiger partial charge in [-0.15, -0.1) is 0 Å². The van der Waals surface area contributed by atoms with Gasteiger partial charge in [0.25, 0.3) is 5.91 Å². The summed E-state index contributed by atoms with van der Waals surface area (Å²) in [4.78, 5) is 15.0. The number of carbonyl (C=O) groups excluding carboxylic acids is 1. The molecular formula is C22H20FN3O. The van der Waals surface area contributed by atoms with E-state index >= 15 is 0 Å². The Hall–Kier alpha value is -2.95. The van der Waals surface area contributed by atoms with Gasteiger partial charge in [0.05, 0.1) is 11.4 Å². The van der Waals surface area contributed by atoms with Crippen LogP contribution in [0.5, 0.6) is 0 Å². The van der Waals surface area contributed by atoms with Gasteiger partial charge in [0.1, 0.15) is 5.82 Å². The van der Waals surface area contributed by atoms with E-state index in [0.29, 0.717) is 12.1 Å². The van der Waals surface area contributed by atoms with Crippen LogP contribution in [0.15, 0.2) is 60.9 Å². The monoisotopic (exact) mass is 361 g/mol. The number of aromatic nitrogens is 2. The molecule has 5 rings (SSSR count). The maximum absolute atomic E-state index is 14.7. The summed E-state index contributed by atoms with van der Waals surface area (Å²) >= 11 is 0. The van der Waals surface area contributed by atoms with Crippen molar-refractivity contribution >= 4 is 11.6 Å². The Morgan fingerprint density at radius 3 is 2.52 bits per heavy atom. The van der Waals surface area contributed by atoms with E-state index in [2.05, 4.69) is 5.10 Å². The summed E-state index contributed by atoms with van der Waals surface area (Å²) in [6.07, 6.45) is 7.66. The lowest BCUT2D eigenvalue weighted by Crippen LogP contribution is -2.35. The van der Waals surface area contributed by atoms with Gasteiger partial charge < -0.3 is 4.90 Å². The SMILES string of the molecule is O=C(c1ccc(-n2cccn2)cc1)N1CC2(CCCC2)c2c(F)cccc21.